The van der Waals surface area contributed by atoms with Gasteiger partial charge in [0.1, 0.15) is 16.6 Å². The Kier molecular flexibility index (Phi) is 7.79. The largest absolute Gasteiger partial charge is 0.444 e. The average Bonchev–Trinajstić information content (AvgIpc) is 3.27. The molecule has 3 heterocycles. The SMILES string of the molecule is COCc1ccc2c3nc(N4CCC[C@@H](NC(=O)OC(C)(C)C)C4)n(Cc4ccccc4Cl)c3c(=O)n(C)c2c1. The number of pyridine rings is 1. The van der Waals surface area contributed by atoms with Crippen molar-refractivity contribution in [1.29, 1.82) is 0 Å². The average molecular weight is 566 g/mol. The van der Waals surface area contributed by atoms with Crippen LogP contribution in [0.25, 0.3) is 21.9 Å². The fourth-order valence-corrected chi connectivity index (χ4v) is 5.56. The number of imidazole rings is 1. The van der Waals surface area contributed by atoms with Crippen molar-refractivity contribution in [2.75, 3.05) is 25.1 Å². The number of alkyl carbamates (subject to hydrolysis) is 1. The molecule has 5 rings (SSSR count). The van der Waals surface area contributed by atoms with Crippen LogP contribution >= 0.6 is 11.6 Å². The zero-order chi connectivity index (χ0) is 28.6. The molecule has 2 aromatic carbocycles. The van der Waals surface area contributed by atoms with Crippen molar-refractivity contribution in [2.45, 2.75) is 58.4 Å². The van der Waals surface area contributed by atoms with Crippen LogP contribution in [-0.2, 0) is 29.7 Å². The van der Waals surface area contributed by atoms with Gasteiger partial charge in [0, 0.05) is 43.7 Å². The Morgan fingerprint density at radius 3 is 2.70 bits per heavy atom. The van der Waals surface area contributed by atoms with Crippen LogP contribution in [0.2, 0.25) is 5.02 Å². The van der Waals surface area contributed by atoms with Gasteiger partial charge in [0.25, 0.3) is 5.56 Å². The molecule has 1 saturated heterocycles. The van der Waals surface area contributed by atoms with Crippen LogP contribution in [0.4, 0.5) is 10.7 Å². The number of aryl methyl sites for hydroxylation is 1. The molecule has 0 bridgehead atoms. The van der Waals surface area contributed by atoms with Gasteiger partial charge in [-0.25, -0.2) is 9.78 Å². The van der Waals surface area contributed by atoms with Crippen molar-refractivity contribution >= 4 is 45.6 Å². The van der Waals surface area contributed by atoms with Crippen LogP contribution in [0.15, 0.2) is 47.3 Å². The zero-order valence-electron chi connectivity index (χ0n) is 23.7. The van der Waals surface area contributed by atoms with Crippen LogP contribution in [0.3, 0.4) is 0 Å². The first-order chi connectivity index (χ1) is 19.1. The van der Waals surface area contributed by atoms with Gasteiger partial charge in [-0.2, -0.15) is 0 Å². The van der Waals surface area contributed by atoms with E-state index in [1.807, 2.05) is 67.8 Å². The Balaban J connectivity index is 1.62. The second-order valence-electron chi connectivity index (χ2n) is 11.4. The quantitative estimate of drug-likeness (QED) is 0.344. The Labute approximate surface area is 238 Å². The van der Waals surface area contributed by atoms with Crippen LogP contribution in [0, 0.1) is 0 Å². The number of methoxy groups -OCH3 is 1. The highest BCUT2D eigenvalue weighted by Gasteiger charge is 2.29. The fourth-order valence-electron chi connectivity index (χ4n) is 5.36. The second-order valence-corrected chi connectivity index (χ2v) is 11.8. The molecule has 4 aromatic rings. The lowest BCUT2D eigenvalue weighted by atomic mass is 10.1. The maximum Gasteiger partial charge on any atom is 0.407 e. The Bertz CT molecular complexity index is 1620. The van der Waals surface area contributed by atoms with E-state index >= 15 is 0 Å². The Hall–Kier alpha value is -3.56. The van der Waals surface area contributed by atoms with Gasteiger partial charge in [0.05, 0.1) is 18.7 Å². The van der Waals surface area contributed by atoms with Crippen molar-refractivity contribution in [2.24, 2.45) is 7.05 Å². The monoisotopic (exact) mass is 565 g/mol. The second kappa shape index (κ2) is 11.1. The van der Waals surface area contributed by atoms with E-state index in [1.54, 1.807) is 18.7 Å². The molecule has 0 unspecified atom stereocenters. The van der Waals surface area contributed by atoms with E-state index in [1.165, 1.54) is 0 Å². The van der Waals surface area contributed by atoms with E-state index in [0.29, 0.717) is 41.7 Å². The summed E-state index contributed by atoms with van der Waals surface area (Å²) in [7, 11) is 3.44. The van der Waals surface area contributed by atoms with Crippen molar-refractivity contribution < 1.29 is 14.3 Å². The van der Waals surface area contributed by atoms with Gasteiger partial charge >= 0.3 is 6.09 Å². The van der Waals surface area contributed by atoms with Gasteiger partial charge in [0.2, 0.25) is 5.95 Å². The summed E-state index contributed by atoms with van der Waals surface area (Å²) >= 11 is 6.57. The van der Waals surface area contributed by atoms with Crippen molar-refractivity contribution in [3.63, 3.8) is 0 Å². The molecule has 1 N–H and O–H groups in total. The number of piperidine rings is 1. The molecule has 1 fully saturated rings. The molecule has 1 aliphatic rings. The predicted molar refractivity (Wildman–Crippen MR) is 158 cm³/mol. The van der Waals surface area contributed by atoms with E-state index in [4.69, 9.17) is 26.1 Å². The molecule has 0 aliphatic carbocycles. The number of carbonyl (C=O) groups excluding carboxylic acids is 1. The fraction of sp³-hybridized carbons (Fsp3) is 0.433. The van der Waals surface area contributed by atoms with E-state index < -0.39 is 11.7 Å². The molecule has 1 amide bonds. The maximum absolute atomic E-state index is 13.9. The van der Waals surface area contributed by atoms with Crippen LogP contribution in [0.1, 0.15) is 44.7 Å². The molecular formula is C30H36ClN5O4. The van der Waals surface area contributed by atoms with Gasteiger partial charge < -0.3 is 28.8 Å². The maximum atomic E-state index is 13.9. The molecule has 10 heteroatoms. The van der Waals surface area contributed by atoms with E-state index in [2.05, 4.69) is 10.2 Å². The van der Waals surface area contributed by atoms with Crippen molar-refractivity contribution in [1.82, 2.24) is 19.4 Å². The van der Waals surface area contributed by atoms with Crippen molar-refractivity contribution in [3.8, 4) is 0 Å². The lowest BCUT2D eigenvalue weighted by Crippen LogP contribution is -2.49. The Morgan fingerprint density at radius 1 is 1.20 bits per heavy atom. The van der Waals surface area contributed by atoms with E-state index in [-0.39, 0.29) is 11.6 Å². The highest BCUT2D eigenvalue weighted by Crippen LogP contribution is 2.31. The van der Waals surface area contributed by atoms with Gasteiger partial charge in [-0.1, -0.05) is 41.9 Å². The summed E-state index contributed by atoms with van der Waals surface area (Å²) in [5, 5.41) is 4.53. The number of halogens is 1. The Morgan fingerprint density at radius 2 is 1.98 bits per heavy atom. The minimum absolute atomic E-state index is 0.117. The number of ether oxygens (including phenoxy) is 2. The summed E-state index contributed by atoms with van der Waals surface area (Å²) in [6, 6.07) is 13.5. The van der Waals surface area contributed by atoms with Crippen LogP contribution in [0.5, 0.6) is 0 Å². The standard InChI is InChI=1S/C30H36ClN5O4/c1-30(2,3)40-29(38)32-21-10-8-14-35(17-21)28-33-25-22-13-12-19(18-39-5)15-24(22)34(4)27(37)26(25)36(28)16-20-9-6-7-11-23(20)31/h6-7,9,11-13,15,21H,8,10,14,16-18H2,1-5H3,(H,32,38)/t21-/m1/s1. The number of amides is 1. The number of carbonyl (C=O) groups is 1. The lowest BCUT2D eigenvalue weighted by Gasteiger charge is -2.34. The highest BCUT2D eigenvalue weighted by molar-refractivity contribution is 6.31. The number of hydrogen-bond donors (Lipinski definition) is 1. The van der Waals surface area contributed by atoms with Crippen LogP contribution in [-0.4, -0.2) is 52.1 Å². The number of hydrogen-bond acceptors (Lipinski definition) is 6. The van der Waals surface area contributed by atoms with Gasteiger partial charge in [-0.05, 0) is 56.9 Å². The third-order valence-corrected chi connectivity index (χ3v) is 7.52. The molecule has 0 radical (unpaired) electrons. The topological polar surface area (TPSA) is 90.6 Å². The number of nitrogens with zero attached hydrogens (tertiary/aromatic N) is 4. The smallest absolute Gasteiger partial charge is 0.407 e. The molecule has 0 saturated carbocycles. The summed E-state index contributed by atoms with van der Waals surface area (Å²) in [4.78, 5) is 33.7. The van der Waals surface area contributed by atoms with Gasteiger partial charge in [-0.3, -0.25) is 4.79 Å². The summed E-state index contributed by atoms with van der Waals surface area (Å²) < 4.78 is 14.5. The first kappa shape index (κ1) is 28.0. The third kappa shape index (κ3) is 5.67. The number of anilines is 1. The molecule has 2 aromatic heterocycles. The summed E-state index contributed by atoms with van der Waals surface area (Å²) in [5.41, 5.74) is 3.12. The number of rotatable bonds is 6. The third-order valence-electron chi connectivity index (χ3n) is 7.16. The molecular weight excluding hydrogens is 530 g/mol. The molecule has 0 spiro atoms. The first-order valence-electron chi connectivity index (χ1n) is 13.5. The summed E-state index contributed by atoms with van der Waals surface area (Å²) in [6.07, 6.45) is 1.25. The number of aromatic nitrogens is 3. The zero-order valence-corrected chi connectivity index (χ0v) is 24.4. The minimum atomic E-state index is -0.578. The lowest BCUT2D eigenvalue weighted by molar-refractivity contribution is 0.0499. The van der Waals surface area contributed by atoms with Gasteiger partial charge in [-0.15, -0.1) is 0 Å². The molecule has 1 aliphatic heterocycles. The summed E-state index contributed by atoms with van der Waals surface area (Å²) in [5.74, 6) is 0.677. The summed E-state index contributed by atoms with van der Waals surface area (Å²) in [6.45, 7) is 7.67. The molecule has 212 valence electrons. The van der Waals surface area contributed by atoms with E-state index in [9.17, 15) is 9.59 Å². The highest BCUT2D eigenvalue weighted by atomic mass is 35.5. The predicted octanol–water partition coefficient (Wildman–Crippen LogP) is 5.23. The van der Waals surface area contributed by atoms with Crippen LogP contribution < -0.4 is 15.8 Å². The number of fused-ring (bicyclic) bond motifs is 3. The number of benzene rings is 2. The van der Waals surface area contributed by atoms with E-state index in [0.717, 1.165) is 41.4 Å². The number of nitrogens with one attached hydrogen (secondary N) is 1. The first-order valence-corrected chi connectivity index (χ1v) is 13.9. The molecule has 1 atom stereocenters. The minimum Gasteiger partial charge on any atom is -0.444 e. The van der Waals surface area contributed by atoms with Gasteiger partial charge in [0.15, 0.2) is 0 Å². The van der Waals surface area contributed by atoms with Crippen molar-refractivity contribution in [3.05, 3.63) is 69.0 Å². The normalized spacial score (nSPS) is 16.1. The molecule has 40 heavy (non-hydrogen) atoms. The molecule has 9 nitrogen and oxygen atoms in total.